The van der Waals surface area contributed by atoms with E-state index >= 15 is 0 Å². The molecule has 0 aromatic heterocycles. The van der Waals surface area contributed by atoms with Crippen molar-refractivity contribution >= 4 is 5.96 Å². The minimum absolute atomic E-state index is 0.163. The summed E-state index contributed by atoms with van der Waals surface area (Å²) in [4.78, 5) is 6.87. The maximum atomic E-state index is 5.13. The number of ether oxygens (including phenoxy) is 1. The Labute approximate surface area is 118 Å². The molecular formula is C14H32N4O. The van der Waals surface area contributed by atoms with Crippen LogP contribution >= 0.6 is 0 Å². The molecular weight excluding hydrogens is 240 g/mol. The van der Waals surface area contributed by atoms with Crippen molar-refractivity contribution in [2.75, 3.05) is 47.4 Å². The van der Waals surface area contributed by atoms with Crippen LogP contribution in [-0.4, -0.2) is 64.3 Å². The van der Waals surface area contributed by atoms with Gasteiger partial charge in [-0.25, -0.2) is 0 Å². The number of nitrogens with zero attached hydrogens (tertiary/aromatic N) is 2. The van der Waals surface area contributed by atoms with Gasteiger partial charge in [0.15, 0.2) is 5.96 Å². The molecule has 0 aliphatic heterocycles. The van der Waals surface area contributed by atoms with Crippen molar-refractivity contribution in [1.82, 2.24) is 15.5 Å². The van der Waals surface area contributed by atoms with Crippen LogP contribution in [0.5, 0.6) is 0 Å². The molecule has 19 heavy (non-hydrogen) atoms. The molecule has 0 aliphatic rings. The minimum Gasteiger partial charge on any atom is -0.383 e. The van der Waals surface area contributed by atoms with Crippen LogP contribution in [0.2, 0.25) is 0 Å². The van der Waals surface area contributed by atoms with Crippen molar-refractivity contribution in [3.63, 3.8) is 0 Å². The number of aliphatic imine (C=N–C) groups is 1. The van der Waals surface area contributed by atoms with Gasteiger partial charge in [0.05, 0.1) is 6.61 Å². The minimum atomic E-state index is 0.163. The van der Waals surface area contributed by atoms with Gasteiger partial charge in [0.1, 0.15) is 0 Å². The summed E-state index contributed by atoms with van der Waals surface area (Å²) in [5, 5.41) is 6.61. The van der Waals surface area contributed by atoms with Crippen LogP contribution in [0, 0.1) is 5.41 Å². The van der Waals surface area contributed by atoms with Crippen LogP contribution in [-0.2, 0) is 4.74 Å². The lowest BCUT2D eigenvalue weighted by Crippen LogP contribution is -2.44. The van der Waals surface area contributed by atoms with E-state index in [1.165, 1.54) is 0 Å². The van der Waals surface area contributed by atoms with Crippen molar-refractivity contribution in [1.29, 1.82) is 0 Å². The van der Waals surface area contributed by atoms with Gasteiger partial charge in [-0.15, -0.1) is 0 Å². The second kappa shape index (κ2) is 9.15. The van der Waals surface area contributed by atoms with Gasteiger partial charge in [0, 0.05) is 32.8 Å². The lowest BCUT2D eigenvalue weighted by molar-refractivity contribution is 0.179. The molecule has 0 aromatic rings. The summed E-state index contributed by atoms with van der Waals surface area (Å²) >= 11 is 0. The normalized spacial score (nSPS) is 14.6. The maximum absolute atomic E-state index is 5.13. The highest BCUT2D eigenvalue weighted by molar-refractivity contribution is 5.80. The number of methoxy groups -OCH3 is 1. The Hall–Kier alpha value is -0.810. The molecule has 0 saturated carbocycles. The third-order valence-corrected chi connectivity index (χ3v) is 2.55. The standard InChI is InChI=1S/C14H32N4O/c1-8-15-13(17-12(2)9-19-7)16-10-14(3,4)11-18(5)6/h12H,8-11H2,1-7H3,(H2,15,16,17). The van der Waals surface area contributed by atoms with E-state index in [0.717, 1.165) is 25.6 Å². The molecule has 0 aromatic carbocycles. The average Bonchev–Trinajstić information content (AvgIpc) is 2.25. The molecule has 1 atom stereocenters. The predicted octanol–water partition coefficient (Wildman–Crippen LogP) is 1.16. The van der Waals surface area contributed by atoms with Gasteiger partial charge in [-0.3, -0.25) is 4.99 Å². The van der Waals surface area contributed by atoms with Crippen LogP contribution < -0.4 is 10.6 Å². The molecule has 0 amide bonds. The van der Waals surface area contributed by atoms with Crippen LogP contribution in [0.15, 0.2) is 4.99 Å². The zero-order valence-corrected chi connectivity index (χ0v) is 13.7. The highest BCUT2D eigenvalue weighted by atomic mass is 16.5. The van der Waals surface area contributed by atoms with Gasteiger partial charge in [0.25, 0.3) is 0 Å². The summed E-state index contributed by atoms with van der Waals surface area (Å²) in [5.41, 5.74) is 0.163. The van der Waals surface area contributed by atoms with Gasteiger partial charge < -0.3 is 20.3 Å². The number of guanidine groups is 1. The van der Waals surface area contributed by atoms with Gasteiger partial charge in [-0.1, -0.05) is 13.8 Å². The Morgan fingerprint density at radius 3 is 2.47 bits per heavy atom. The van der Waals surface area contributed by atoms with Crippen molar-refractivity contribution in [2.45, 2.75) is 33.7 Å². The third kappa shape index (κ3) is 9.73. The van der Waals surface area contributed by atoms with Gasteiger partial charge in [-0.2, -0.15) is 0 Å². The van der Waals surface area contributed by atoms with Gasteiger partial charge in [-0.05, 0) is 33.4 Å². The number of rotatable bonds is 8. The summed E-state index contributed by atoms with van der Waals surface area (Å²) in [5.74, 6) is 0.860. The number of hydrogen-bond donors (Lipinski definition) is 2. The van der Waals surface area contributed by atoms with Crippen LogP contribution in [0.3, 0.4) is 0 Å². The highest BCUT2D eigenvalue weighted by Gasteiger charge is 2.18. The second-order valence-corrected chi connectivity index (χ2v) is 6.10. The summed E-state index contributed by atoms with van der Waals surface area (Å²) < 4.78 is 5.13. The summed E-state index contributed by atoms with van der Waals surface area (Å²) in [6.45, 7) is 12.0. The largest absolute Gasteiger partial charge is 0.383 e. The molecule has 2 N–H and O–H groups in total. The molecule has 0 bridgehead atoms. The second-order valence-electron chi connectivity index (χ2n) is 6.10. The van der Waals surface area contributed by atoms with Gasteiger partial charge >= 0.3 is 0 Å². The first-order valence-corrected chi connectivity index (χ1v) is 6.99. The first-order chi connectivity index (χ1) is 8.80. The summed E-state index contributed by atoms with van der Waals surface area (Å²) in [7, 11) is 5.90. The Morgan fingerprint density at radius 2 is 2.00 bits per heavy atom. The lowest BCUT2D eigenvalue weighted by Gasteiger charge is -2.27. The zero-order valence-electron chi connectivity index (χ0n) is 13.7. The Morgan fingerprint density at radius 1 is 1.37 bits per heavy atom. The first kappa shape index (κ1) is 18.2. The van der Waals surface area contributed by atoms with Gasteiger partial charge in [0.2, 0.25) is 0 Å². The van der Waals surface area contributed by atoms with Crippen LogP contribution in [0.1, 0.15) is 27.7 Å². The molecule has 0 aliphatic carbocycles. The SMILES string of the molecule is CCNC(=NCC(C)(C)CN(C)C)NC(C)COC. The quantitative estimate of drug-likeness (QED) is 0.514. The molecule has 1 unspecified atom stereocenters. The van der Waals surface area contributed by atoms with Crippen molar-refractivity contribution in [2.24, 2.45) is 10.4 Å². The monoisotopic (exact) mass is 272 g/mol. The molecule has 0 spiro atoms. The fraction of sp³-hybridized carbons (Fsp3) is 0.929. The van der Waals surface area contributed by atoms with Crippen molar-refractivity contribution in [3.05, 3.63) is 0 Å². The maximum Gasteiger partial charge on any atom is 0.191 e. The predicted molar refractivity (Wildman–Crippen MR) is 82.8 cm³/mol. The van der Waals surface area contributed by atoms with E-state index in [4.69, 9.17) is 4.74 Å². The van der Waals surface area contributed by atoms with E-state index < -0.39 is 0 Å². The zero-order chi connectivity index (χ0) is 14.9. The number of hydrogen-bond acceptors (Lipinski definition) is 3. The highest BCUT2D eigenvalue weighted by Crippen LogP contribution is 2.15. The molecule has 0 fully saturated rings. The first-order valence-electron chi connectivity index (χ1n) is 6.99. The summed E-state index contributed by atoms with van der Waals surface area (Å²) in [6, 6.07) is 0.250. The molecule has 5 nitrogen and oxygen atoms in total. The van der Waals surface area contributed by atoms with Crippen LogP contribution in [0.4, 0.5) is 0 Å². The van der Waals surface area contributed by atoms with E-state index in [-0.39, 0.29) is 11.5 Å². The number of nitrogens with one attached hydrogen (secondary N) is 2. The summed E-state index contributed by atoms with van der Waals surface area (Å²) in [6.07, 6.45) is 0. The molecule has 0 rings (SSSR count). The molecule has 0 radical (unpaired) electrons. The van der Waals surface area contributed by atoms with E-state index in [1.54, 1.807) is 7.11 Å². The fourth-order valence-electron chi connectivity index (χ4n) is 2.04. The Bertz CT molecular complexity index is 264. The van der Waals surface area contributed by atoms with E-state index in [9.17, 15) is 0 Å². The lowest BCUT2D eigenvalue weighted by atomic mass is 9.93. The molecule has 0 heterocycles. The van der Waals surface area contributed by atoms with E-state index in [1.807, 2.05) is 0 Å². The average molecular weight is 272 g/mol. The van der Waals surface area contributed by atoms with E-state index in [0.29, 0.717) is 6.61 Å². The van der Waals surface area contributed by atoms with Crippen molar-refractivity contribution in [3.8, 4) is 0 Å². The molecule has 0 saturated heterocycles. The molecule has 114 valence electrons. The topological polar surface area (TPSA) is 48.9 Å². The third-order valence-electron chi connectivity index (χ3n) is 2.55. The fourth-order valence-corrected chi connectivity index (χ4v) is 2.04. The Kier molecular flexibility index (Phi) is 8.76. The Balaban J connectivity index is 4.47. The van der Waals surface area contributed by atoms with Crippen LogP contribution in [0.25, 0.3) is 0 Å². The van der Waals surface area contributed by atoms with Crippen molar-refractivity contribution < 1.29 is 4.74 Å². The molecule has 5 heteroatoms. The smallest absolute Gasteiger partial charge is 0.191 e. The van der Waals surface area contributed by atoms with E-state index in [2.05, 4.69) is 62.3 Å².